The van der Waals surface area contributed by atoms with Crippen molar-refractivity contribution in [1.82, 2.24) is 5.32 Å². The zero-order valence-corrected chi connectivity index (χ0v) is 10.7. The molecule has 1 aromatic rings. The lowest BCUT2D eigenvalue weighted by Crippen LogP contribution is -2.29. The van der Waals surface area contributed by atoms with E-state index in [0.717, 1.165) is 19.3 Å². The standard InChI is InChI=1S/C16H19NO/c1-2-3-4-12-16(18)17-15-11-7-9-13-8-5-6-10-14(13)15/h2-6,8,10,12,15H,7,9,11H2,1H3,(H,17,18). The Balaban J connectivity index is 2.05. The largest absolute Gasteiger partial charge is 0.346 e. The second kappa shape index (κ2) is 6.20. The van der Waals surface area contributed by atoms with Gasteiger partial charge in [-0.1, -0.05) is 42.5 Å². The molecule has 0 aromatic heterocycles. The molecule has 1 aromatic carbocycles. The maximum absolute atomic E-state index is 11.8. The molecule has 0 heterocycles. The number of carbonyl (C=O) groups is 1. The lowest BCUT2D eigenvalue weighted by atomic mass is 9.88. The van der Waals surface area contributed by atoms with Crippen LogP contribution < -0.4 is 5.32 Å². The number of aryl methyl sites for hydroxylation is 1. The van der Waals surface area contributed by atoms with Crippen molar-refractivity contribution < 1.29 is 4.79 Å². The van der Waals surface area contributed by atoms with Crippen molar-refractivity contribution in [2.24, 2.45) is 0 Å². The Hall–Kier alpha value is -1.83. The van der Waals surface area contributed by atoms with Gasteiger partial charge in [-0.3, -0.25) is 4.79 Å². The third-order valence-corrected chi connectivity index (χ3v) is 3.24. The van der Waals surface area contributed by atoms with Gasteiger partial charge in [0, 0.05) is 6.08 Å². The van der Waals surface area contributed by atoms with Crippen LogP contribution in [-0.4, -0.2) is 5.91 Å². The molecule has 1 N–H and O–H groups in total. The summed E-state index contributed by atoms with van der Waals surface area (Å²) in [6, 6.07) is 8.55. The van der Waals surface area contributed by atoms with Gasteiger partial charge >= 0.3 is 0 Å². The maximum Gasteiger partial charge on any atom is 0.244 e. The smallest absolute Gasteiger partial charge is 0.244 e. The number of allylic oxidation sites excluding steroid dienone is 3. The molecule has 2 heteroatoms. The normalized spacial score (nSPS) is 19.1. The first-order valence-corrected chi connectivity index (χ1v) is 6.49. The molecule has 0 saturated carbocycles. The predicted molar refractivity (Wildman–Crippen MR) is 74.2 cm³/mol. The first-order chi connectivity index (χ1) is 8.81. The van der Waals surface area contributed by atoms with E-state index in [9.17, 15) is 4.79 Å². The summed E-state index contributed by atoms with van der Waals surface area (Å²) in [5.74, 6) is -0.0187. The molecule has 18 heavy (non-hydrogen) atoms. The van der Waals surface area contributed by atoms with Crippen molar-refractivity contribution in [3.63, 3.8) is 0 Å². The number of amides is 1. The lowest BCUT2D eigenvalue weighted by molar-refractivity contribution is -0.117. The van der Waals surface area contributed by atoms with E-state index in [1.807, 2.05) is 25.1 Å². The highest BCUT2D eigenvalue weighted by atomic mass is 16.1. The van der Waals surface area contributed by atoms with Gasteiger partial charge in [0.1, 0.15) is 0 Å². The minimum Gasteiger partial charge on any atom is -0.346 e. The molecule has 1 aliphatic rings. The summed E-state index contributed by atoms with van der Waals surface area (Å²) in [4.78, 5) is 11.8. The van der Waals surface area contributed by atoms with Gasteiger partial charge in [0.25, 0.3) is 0 Å². The van der Waals surface area contributed by atoms with Crippen LogP contribution in [0.15, 0.2) is 48.6 Å². The van der Waals surface area contributed by atoms with Crippen LogP contribution in [0.5, 0.6) is 0 Å². The molecule has 2 rings (SSSR count). The third-order valence-electron chi connectivity index (χ3n) is 3.24. The fraction of sp³-hybridized carbons (Fsp3) is 0.312. The minimum atomic E-state index is -0.0187. The number of nitrogens with one attached hydrogen (secondary N) is 1. The van der Waals surface area contributed by atoms with Crippen molar-refractivity contribution in [2.45, 2.75) is 32.2 Å². The summed E-state index contributed by atoms with van der Waals surface area (Å²) < 4.78 is 0. The molecule has 0 spiro atoms. The fourth-order valence-electron chi connectivity index (χ4n) is 2.38. The zero-order valence-electron chi connectivity index (χ0n) is 10.7. The molecule has 0 radical (unpaired) electrons. The van der Waals surface area contributed by atoms with E-state index in [0.29, 0.717) is 0 Å². The topological polar surface area (TPSA) is 29.1 Å². The number of rotatable bonds is 3. The van der Waals surface area contributed by atoms with Crippen LogP contribution in [0.3, 0.4) is 0 Å². The molecule has 0 aliphatic heterocycles. The van der Waals surface area contributed by atoms with E-state index in [2.05, 4.69) is 23.5 Å². The molecule has 0 saturated heterocycles. The first kappa shape index (κ1) is 12.6. The van der Waals surface area contributed by atoms with Crippen LogP contribution in [0.25, 0.3) is 0 Å². The minimum absolute atomic E-state index is 0.0187. The highest BCUT2D eigenvalue weighted by Gasteiger charge is 2.20. The van der Waals surface area contributed by atoms with Gasteiger partial charge in [0.05, 0.1) is 6.04 Å². The third kappa shape index (κ3) is 3.10. The van der Waals surface area contributed by atoms with Gasteiger partial charge < -0.3 is 5.32 Å². The molecule has 1 amide bonds. The molecule has 1 unspecified atom stereocenters. The van der Waals surface area contributed by atoms with E-state index in [4.69, 9.17) is 0 Å². The lowest BCUT2D eigenvalue weighted by Gasteiger charge is -2.25. The Labute approximate surface area is 108 Å². The quantitative estimate of drug-likeness (QED) is 0.638. The van der Waals surface area contributed by atoms with Crippen molar-refractivity contribution >= 4 is 5.91 Å². The summed E-state index contributed by atoms with van der Waals surface area (Å²) in [5.41, 5.74) is 2.64. The van der Waals surface area contributed by atoms with Gasteiger partial charge in [-0.2, -0.15) is 0 Å². The summed E-state index contributed by atoms with van der Waals surface area (Å²) in [7, 11) is 0. The molecule has 0 fully saturated rings. The van der Waals surface area contributed by atoms with Crippen LogP contribution in [0, 0.1) is 0 Å². The van der Waals surface area contributed by atoms with Crippen LogP contribution >= 0.6 is 0 Å². The van der Waals surface area contributed by atoms with Gasteiger partial charge in [0.15, 0.2) is 0 Å². The summed E-state index contributed by atoms with van der Waals surface area (Å²) >= 11 is 0. The molecule has 0 bridgehead atoms. The van der Waals surface area contributed by atoms with Gasteiger partial charge in [-0.25, -0.2) is 0 Å². The highest BCUT2D eigenvalue weighted by molar-refractivity contribution is 5.88. The zero-order chi connectivity index (χ0) is 12.8. The number of fused-ring (bicyclic) bond motifs is 1. The first-order valence-electron chi connectivity index (χ1n) is 6.49. The van der Waals surface area contributed by atoms with E-state index < -0.39 is 0 Å². The summed E-state index contributed by atoms with van der Waals surface area (Å²) in [6.07, 6.45) is 10.4. The number of hydrogen-bond donors (Lipinski definition) is 1. The Kier molecular flexibility index (Phi) is 4.35. The average molecular weight is 241 g/mol. The van der Waals surface area contributed by atoms with Crippen LogP contribution in [0.2, 0.25) is 0 Å². The van der Waals surface area contributed by atoms with Crippen LogP contribution in [0.4, 0.5) is 0 Å². The van der Waals surface area contributed by atoms with Crippen molar-refractivity contribution in [1.29, 1.82) is 0 Å². The maximum atomic E-state index is 11.8. The van der Waals surface area contributed by atoms with E-state index >= 15 is 0 Å². The Bertz CT molecular complexity index is 474. The number of carbonyl (C=O) groups excluding carboxylic acids is 1. The van der Waals surface area contributed by atoms with E-state index in [1.54, 1.807) is 12.2 Å². The van der Waals surface area contributed by atoms with E-state index in [-0.39, 0.29) is 11.9 Å². The Morgan fingerprint density at radius 2 is 2.17 bits per heavy atom. The monoisotopic (exact) mass is 241 g/mol. The molecule has 1 atom stereocenters. The van der Waals surface area contributed by atoms with Gasteiger partial charge in [-0.05, 0) is 37.3 Å². The van der Waals surface area contributed by atoms with E-state index in [1.165, 1.54) is 11.1 Å². The number of hydrogen-bond acceptors (Lipinski definition) is 1. The molecule has 2 nitrogen and oxygen atoms in total. The van der Waals surface area contributed by atoms with Gasteiger partial charge in [0.2, 0.25) is 5.91 Å². The van der Waals surface area contributed by atoms with Crippen molar-refractivity contribution in [3.05, 3.63) is 59.7 Å². The van der Waals surface area contributed by atoms with Crippen LogP contribution in [0.1, 0.15) is 36.9 Å². The summed E-state index contributed by atoms with van der Waals surface area (Å²) in [5, 5.41) is 3.07. The molecule has 1 aliphatic carbocycles. The Morgan fingerprint density at radius 3 is 3.00 bits per heavy atom. The van der Waals surface area contributed by atoms with Crippen molar-refractivity contribution in [2.75, 3.05) is 0 Å². The second-order valence-electron chi connectivity index (χ2n) is 4.54. The van der Waals surface area contributed by atoms with Crippen LogP contribution in [-0.2, 0) is 11.2 Å². The predicted octanol–water partition coefficient (Wildman–Crippen LogP) is 3.31. The van der Waals surface area contributed by atoms with Crippen molar-refractivity contribution in [3.8, 4) is 0 Å². The molecule has 94 valence electrons. The average Bonchev–Trinajstić information content (AvgIpc) is 2.39. The Morgan fingerprint density at radius 1 is 1.33 bits per heavy atom. The molecular formula is C16H19NO. The van der Waals surface area contributed by atoms with Gasteiger partial charge in [-0.15, -0.1) is 0 Å². The highest BCUT2D eigenvalue weighted by Crippen LogP contribution is 2.29. The fourth-order valence-corrected chi connectivity index (χ4v) is 2.38. The SMILES string of the molecule is CC=CC=CC(=O)NC1CCCc2ccccc21. The molecular weight excluding hydrogens is 222 g/mol. The number of benzene rings is 1. The second-order valence-corrected chi connectivity index (χ2v) is 4.54. The summed E-state index contributed by atoms with van der Waals surface area (Å²) in [6.45, 7) is 1.93.